The lowest BCUT2D eigenvalue weighted by molar-refractivity contribution is 0.159. The summed E-state index contributed by atoms with van der Waals surface area (Å²) in [6, 6.07) is 1.54. The van der Waals surface area contributed by atoms with Gasteiger partial charge in [-0.1, -0.05) is 0 Å². The molecule has 0 spiro atoms. The number of aliphatic hydroxyl groups excluding tert-OH is 1. The van der Waals surface area contributed by atoms with Crippen LogP contribution in [-0.2, 0) is 16.6 Å². The Kier molecular flexibility index (Phi) is 4.36. The Morgan fingerprint density at radius 3 is 2.74 bits per heavy atom. The number of piperazine rings is 1. The molecule has 6 nitrogen and oxygen atoms in total. The summed E-state index contributed by atoms with van der Waals surface area (Å²) in [5, 5.41) is 9.00. The van der Waals surface area contributed by atoms with E-state index in [9.17, 15) is 8.42 Å². The summed E-state index contributed by atoms with van der Waals surface area (Å²) >= 11 is 3.09. The van der Waals surface area contributed by atoms with Gasteiger partial charge in [0.05, 0.1) is 0 Å². The molecule has 1 aliphatic rings. The fraction of sp³-hybridized carbons (Fsp3) is 0.636. The van der Waals surface area contributed by atoms with Crippen LogP contribution in [0.3, 0.4) is 0 Å². The molecule has 1 fully saturated rings. The van der Waals surface area contributed by atoms with Crippen molar-refractivity contribution in [2.75, 3.05) is 26.7 Å². The van der Waals surface area contributed by atoms with Gasteiger partial charge in [-0.15, -0.1) is 0 Å². The first kappa shape index (κ1) is 15.0. The highest BCUT2D eigenvalue weighted by Gasteiger charge is 2.33. The second-order valence-corrected chi connectivity index (χ2v) is 7.33. The van der Waals surface area contributed by atoms with E-state index in [1.807, 2.05) is 14.0 Å². The van der Waals surface area contributed by atoms with E-state index in [4.69, 9.17) is 9.52 Å². The average Bonchev–Trinajstić information content (AvgIpc) is 2.74. The minimum Gasteiger partial charge on any atom is -0.450 e. The van der Waals surface area contributed by atoms with Gasteiger partial charge in [-0.2, -0.15) is 4.31 Å². The number of hydrogen-bond donors (Lipinski definition) is 1. The molecule has 0 aromatic carbocycles. The molecule has 108 valence electrons. The van der Waals surface area contributed by atoms with E-state index >= 15 is 0 Å². The summed E-state index contributed by atoms with van der Waals surface area (Å²) in [7, 11) is -1.60. The Bertz CT molecular complexity index is 557. The van der Waals surface area contributed by atoms with Crippen LogP contribution in [0.2, 0.25) is 0 Å². The molecule has 1 aromatic heterocycles. The van der Waals surface area contributed by atoms with Crippen molar-refractivity contribution in [3.8, 4) is 0 Å². The Hall–Kier alpha value is -0.410. The summed E-state index contributed by atoms with van der Waals surface area (Å²) in [6.45, 7) is 3.27. The minimum atomic E-state index is -3.58. The van der Waals surface area contributed by atoms with Gasteiger partial charge < -0.3 is 14.4 Å². The molecule has 0 saturated carbocycles. The molecule has 1 N–H and O–H groups in total. The third kappa shape index (κ3) is 2.87. The zero-order chi connectivity index (χ0) is 14.2. The fourth-order valence-electron chi connectivity index (χ4n) is 2.02. The topological polar surface area (TPSA) is 74.0 Å². The molecular weight excluding hydrogens is 336 g/mol. The molecule has 2 rings (SSSR count). The van der Waals surface area contributed by atoms with Gasteiger partial charge in [0.1, 0.15) is 17.3 Å². The Morgan fingerprint density at radius 1 is 1.53 bits per heavy atom. The van der Waals surface area contributed by atoms with Crippen molar-refractivity contribution in [2.45, 2.75) is 24.5 Å². The van der Waals surface area contributed by atoms with Crippen molar-refractivity contribution < 1.29 is 17.9 Å². The standard InChI is InChI=1S/C11H17BrN2O4S/c1-8-6-14(4-3-13(8)2)19(16,17)10-5-9(7-15)18-11(10)12/h5,8,15H,3-4,6-7H2,1-2H3. The number of aliphatic hydroxyl groups is 1. The lowest BCUT2D eigenvalue weighted by Crippen LogP contribution is -2.51. The van der Waals surface area contributed by atoms with Gasteiger partial charge in [-0.05, 0) is 29.9 Å². The number of likely N-dealkylation sites (N-methyl/N-ethyl adjacent to an activating group) is 1. The van der Waals surface area contributed by atoms with Crippen molar-refractivity contribution in [1.82, 2.24) is 9.21 Å². The first-order valence-electron chi connectivity index (χ1n) is 5.95. The molecular formula is C11H17BrN2O4S. The number of hydrogen-bond acceptors (Lipinski definition) is 5. The van der Waals surface area contributed by atoms with Gasteiger partial charge in [0, 0.05) is 31.7 Å². The van der Waals surface area contributed by atoms with E-state index in [1.54, 1.807) is 0 Å². The number of sulfonamides is 1. The van der Waals surface area contributed by atoms with E-state index in [2.05, 4.69) is 20.8 Å². The summed E-state index contributed by atoms with van der Waals surface area (Å²) in [4.78, 5) is 2.20. The van der Waals surface area contributed by atoms with Crippen molar-refractivity contribution in [3.05, 3.63) is 16.5 Å². The van der Waals surface area contributed by atoms with Crippen LogP contribution in [0.4, 0.5) is 0 Å². The zero-order valence-corrected chi connectivity index (χ0v) is 13.2. The smallest absolute Gasteiger partial charge is 0.247 e. The number of halogens is 1. The molecule has 0 aliphatic carbocycles. The summed E-state index contributed by atoms with van der Waals surface area (Å²) in [6.07, 6.45) is 0. The molecule has 19 heavy (non-hydrogen) atoms. The number of rotatable bonds is 3. The predicted octanol–water partition coefficient (Wildman–Crippen LogP) is 0.859. The molecule has 0 bridgehead atoms. The van der Waals surface area contributed by atoms with Gasteiger partial charge in [0.25, 0.3) is 0 Å². The fourth-order valence-corrected chi connectivity index (χ4v) is 4.50. The monoisotopic (exact) mass is 352 g/mol. The first-order valence-corrected chi connectivity index (χ1v) is 8.19. The average molecular weight is 353 g/mol. The molecule has 8 heteroatoms. The van der Waals surface area contributed by atoms with E-state index < -0.39 is 10.0 Å². The maximum atomic E-state index is 12.5. The zero-order valence-electron chi connectivity index (χ0n) is 10.8. The van der Waals surface area contributed by atoms with Crippen LogP contribution in [0.5, 0.6) is 0 Å². The van der Waals surface area contributed by atoms with Gasteiger partial charge in [0.2, 0.25) is 10.0 Å². The Morgan fingerprint density at radius 2 is 2.21 bits per heavy atom. The van der Waals surface area contributed by atoms with Crippen molar-refractivity contribution in [1.29, 1.82) is 0 Å². The van der Waals surface area contributed by atoms with E-state index in [-0.39, 0.29) is 28.0 Å². The van der Waals surface area contributed by atoms with Crippen LogP contribution in [0.1, 0.15) is 12.7 Å². The summed E-state index contributed by atoms with van der Waals surface area (Å²) < 4.78 is 31.8. The van der Waals surface area contributed by atoms with Gasteiger partial charge in [-0.25, -0.2) is 8.42 Å². The third-order valence-corrected chi connectivity index (χ3v) is 6.12. The van der Waals surface area contributed by atoms with Crippen LogP contribution in [0.25, 0.3) is 0 Å². The van der Waals surface area contributed by atoms with Crippen molar-refractivity contribution in [3.63, 3.8) is 0 Å². The lowest BCUT2D eigenvalue weighted by atomic mass is 10.2. The van der Waals surface area contributed by atoms with Gasteiger partial charge >= 0.3 is 0 Å². The number of furan rings is 1. The second kappa shape index (κ2) is 5.53. The molecule has 0 amide bonds. The molecule has 1 aromatic rings. The molecule has 1 unspecified atom stereocenters. The maximum absolute atomic E-state index is 12.5. The van der Waals surface area contributed by atoms with E-state index in [1.165, 1.54) is 10.4 Å². The third-order valence-electron chi connectivity index (χ3n) is 3.40. The summed E-state index contributed by atoms with van der Waals surface area (Å²) in [5.74, 6) is 0.229. The second-order valence-electron chi connectivity index (χ2n) is 4.70. The lowest BCUT2D eigenvalue weighted by Gasteiger charge is -2.36. The number of nitrogens with zero attached hydrogens (tertiary/aromatic N) is 2. The van der Waals surface area contributed by atoms with Crippen LogP contribution >= 0.6 is 15.9 Å². The molecule has 2 heterocycles. The normalized spacial score (nSPS) is 22.8. The first-order chi connectivity index (χ1) is 8.86. The van der Waals surface area contributed by atoms with Crippen LogP contribution in [0.15, 0.2) is 20.0 Å². The molecule has 0 radical (unpaired) electrons. The largest absolute Gasteiger partial charge is 0.450 e. The maximum Gasteiger partial charge on any atom is 0.247 e. The van der Waals surface area contributed by atoms with Crippen LogP contribution in [-0.4, -0.2) is 55.5 Å². The van der Waals surface area contributed by atoms with E-state index in [0.717, 1.165) is 0 Å². The van der Waals surface area contributed by atoms with Gasteiger partial charge in [0.15, 0.2) is 4.67 Å². The SMILES string of the molecule is CC1CN(S(=O)(=O)c2cc(CO)oc2Br)CCN1C. The quantitative estimate of drug-likeness (QED) is 0.873. The summed E-state index contributed by atoms with van der Waals surface area (Å²) in [5.41, 5.74) is 0. The highest BCUT2D eigenvalue weighted by Crippen LogP contribution is 2.29. The van der Waals surface area contributed by atoms with E-state index in [0.29, 0.717) is 19.6 Å². The minimum absolute atomic E-state index is 0.0771. The Balaban J connectivity index is 2.29. The molecule has 1 saturated heterocycles. The highest BCUT2D eigenvalue weighted by atomic mass is 79.9. The van der Waals surface area contributed by atoms with Crippen molar-refractivity contribution in [2.24, 2.45) is 0 Å². The Labute approximate surface area is 121 Å². The molecule has 1 aliphatic heterocycles. The van der Waals surface area contributed by atoms with Crippen LogP contribution < -0.4 is 0 Å². The van der Waals surface area contributed by atoms with Crippen LogP contribution in [0, 0.1) is 0 Å². The van der Waals surface area contributed by atoms with Gasteiger partial charge in [-0.3, -0.25) is 0 Å². The molecule has 1 atom stereocenters. The predicted molar refractivity (Wildman–Crippen MR) is 73.2 cm³/mol. The van der Waals surface area contributed by atoms with Crippen molar-refractivity contribution >= 4 is 26.0 Å². The highest BCUT2D eigenvalue weighted by molar-refractivity contribution is 9.10.